The van der Waals surface area contributed by atoms with Crippen LogP contribution in [0.1, 0.15) is 31.1 Å². The number of amides is 1. The number of aromatic amines is 1. The number of hydrogen-bond acceptors (Lipinski definition) is 5. The minimum atomic E-state index is -0.0305. The Bertz CT molecular complexity index is 1200. The predicted octanol–water partition coefficient (Wildman–Crippen LogP) is 5.42. The summed E-state index contributed by atoms with van der Waals surface area (Å²) in [6.07, 6.45) is 3.02. The van der Waals surface area contributed by atoms with Gasteiger partial charge in [-0.1, -0.05) is 37.6 Å². The molecule has 4 aromatic rings. The van der Waals surface area contributed by atoms with E-state index < -0.39 is 0 Å². The van der Waals surface area contributed by atoms with E-state index in [0.29, 0.717) is 17.1 Å². The Kier molecular flexibility index (Phi) is 6.15. The predicted molar refractivity (Wildman–Crippen MR) is 122 cm³/mol. The van der Waals surface area contributed by atoms with E-state index >= 15 is 0 Å². The lowest BCUT2D eigenvalue weighted by molar-refractivity contribution is -0.131. The number of aromatic nitrogens is 3. The van der Waals surface area contributed by atoms with Crippen molar-refractivity contribution in [1.29, 1.82) is 0 Å². The van der Waals surface area contributed by atoms with Gasteiger partial charge in [-0.05, 0) is 36.2 Å². The van der Waals surface area contributed by atoms with Crippen LogP contribution in [0.2, 0.25) is 0 Å². The Morgan fingerprint density at radius 3 is 2.90 bits per heavy atom. The molecule has 3 aromatic heterocycles. The van der Waals surface area contributed by atoms with Crippen molar-refractivity contribution in [2.24, 2.45) is 0 Å². The molecule has 8 heteroatoms. The van der Waals surface area contributed by atoms with E-state index in [2.05, 4.69) is 23.2 Å². The second-order valence-corrected chi connectivity index (χ2v) is 8.60. The minimum Gasteiger partial charge on any atom is -0.461 e. The second kappa shape index (κ2) is 8.97. The molecule has 4 rings (SSSR count). The Balaban J connectivity index is 1.57. The quantitative estimate of drug-likeness (QED) is 0.372. The van der Waals surface area contributed by atoms with Crippen molar-refractivity contribution in [2.45, 2.75) is 39.3 Å². The highest BCUT2D eigenvalue weighted by Gasteiger charge is 2.20. The first-order valence-electron chi connectivity index (χ1n) is 10.0. The van der Waals surface area contributed by atoms with Crippen LogP contribution in [0, 0.1) is 4.77 Å². The fourth-order valence-electron chi connectivity index (χ4n) is 3.50. The Morgan fingerprint density at radius 1 is 1.30 bits per heavy atom. The van der Waals surface area contributed by atoms with Gasteiger partial charge in [-0.15, -0.1) is 11.3 Å². The summed E-state index contributed by atoms with van der Waals surface area (Å²) in [5.41, 5.74) is 1.96. The van der Waals surface area contributed by atoms with Gasteiger partial charge in [0.05, 0.1) is 4.88 Å². The molecule has 1 aromatic carbocycles. The van der Waals surface area contributed by atoms with E-state index in [1.807, 2.05) is 42.8 Å². The first-order chi connectivity index (χ1) is 14.6. The molecule has 0 saturated heterocycles. The lowest BCUT2D eigenvalue weighted by Gasteiger charge is -2.18. The van der Waals surface area contributed by atoms with Crippen molar-refractivity contribution in [3.8, 4) is 10.7 Å². The second-order valence-electron chi connectivity index (χ2n) is 7.27. The van der Waals surface area contributed by atoms with Crippen molar-refractivity contribution in [1.82, 2.24) is 19.7 Å². The highest BCUT2D eigenvalue weighted by Crippen LogP contribution is 2.28. The number of benzene rings is 1. The number of para-hydroxylation sites is 1. The minimum absolute atomic E-state index is 0.0305. The molecule has 3 heterocycles. The maximum absolute atomic E-state index is 13.1. The van der Waals surface area contributed by atoms with E-state index in [-0.39, 0.29) is 12.5 Å². The largest absolute Gasteiger partial charge is 0.461 e. The van der Waals surface area contributed by atoms with Gasteiger partial charge in [-0.25, -0.2) is 0 Å². The van der Waals surface area contributed by atoms with Crippen LogP contribution in [0.25, 0.3) is 21.7 Å². The molecule has 0 bridgehead atoms. The Morgan fingerprint density at radius 2 is 2.13 bits per heavy atom. The summed E-state index contributed by atoms with van der Waals surface area (Å²) in [7, 11) is 1.82. The number of likely N-dealkylation sites (N-methyl/N-ethyl adjacent to an activating group) is 1. The SMILES string of the molecule is CCCCc1oc2ccccc2c1CN(C)C(=O)Cn1c(-c2cccs2)n[nH]c1=S. The number of furan rings is 1. The summed E-state index contributed by atoms with van der Waals surface area (Å²) in [6.45, 7) is 2.80. The topological polar surface area (TPSA) is 67.1 Å². The van der Waals surface area contributed by atoms with Crippen LogP contribution in [-0.4, -0.2) is 32.6 Å². The molecule has 30 heavy (non-hydrogen) atoms. The Labute approximate surface area is 184 Å². The smallest absolute Gasteiger partial charge is 0.242 e. The third kappa shape index (κ3) is 4.11. The lowest BCUT2D eigenvalue weighted by Crippen LogP contribution is -2.30. The molecule has 1 N–H and O–H groups in total. The molecular weight excluding hydrogens is 416 g/mol. The Hall–Kier alpha value is -2.71. The molecule has 6 nitrogen and oxygen atoms in total. The fraction of sp³-hybridized carbons (Fsp3) is 0.318. The first-order valence-corrected chi connectivity index (χ1v) is 11.3. The van der Waals surface area contributed by atoms with Gasteiger partial charge in [-0.3, -0.25) is 14.5 Å². The number of thiophene rings is 1. The highest BCUT2D eigenvalue weighted by molar-refractivity contribution is 7.71. The third-order valence-corrected chi connectivity index (χ3v) is 6.33. The zero-order chi connectivity index (χ0) is 21.1. The van der Waals surface area contributed by atoms with Crippen LogP contribution in [0.3, 0.4) is 0 Å². The van der Waals surface area contributed by atoms with Gasteiger partial charge in [0.1, 0.15) is 17.9 Å². The molecule has 0 atom stereocenters. The summed E-state index contributed by atoms with van der Waals surface area (Å²) in [6, 6.07) is 11.9. The van der Waals surface area contributed by atoms with E-state index in [1.165, 1.54) is 0 Å². The molecule has 0 unspecified atom stereocenters. The van der Waals surface area contributed by atoms with Crippen LogP contribution >= 0.6 is 23.6 Å². The van der Waals surface area contributed by atoms with Gasteiger partial charge in [0.25, 0.3) is 0 Å². The molecule has 0 radical (unpaired) electrons. The van der Waals surface area contributed by atoms with Crippen LogP contribution in [-0.2, 0) is 24.3 Å². The van der Waals surface area contributed by atoms with Crippen molar-refractivity contribution in [3.05, 3.63) is 57.9 Å². The number of hydrogen-bond donors (Lipinski definition) is 1. The highest BCUT2D eigenvalue weighted by atomic mass is 32.1. The first kappa shape index (κ1) is 20.6. The molecule has 0 aliphatic carbocycles. The summed E-state index contributed by atoms with van der Waals surface area (Å²) >= 11 is 6.93. The third-order valence-electron chi connectivity index (χ3n) is 5.15. The van der Waals surface area contributed by atoms with E-state index in [9.17, 15) is 4.79 Å². The molecule has 0 spiro atoms. The monoisotopic (exact) mass is 440 g/mol. The normalized spacial score (nSPS) is 11.3. The van der Waals surface area contributed by atoms with Gasteiger partial charge in [0.2, 0.25) is 5.91 Å². The molecule has 1 amide bonds. The van der Waals surface area contributed by atoms with Gasteiger partial charge in [0, 0.05) is 31.0 Å². The van der Waals surface area contributed by atoms with Crippen LogP contribution < -0.4 is 0 Å². The number of carbonyl (C=O) groups excluding carboxylic acids is 1. The molecule has 0 saturated carbocycles. The molecular formula is C22H24N4O2S2. The summed E-state index contributed by atoms with van der Waals surface area (Å²) in [4.78, 5) is 15.8. The molecule has 0 aliphatic rings. The molecule has 0 aliphatic heterocycles. The lowest BCUT2D eigenvalue weighted by atomic mass is 10.1. The van der Waals surface area contributed by atoms with Gasteiger partial charge >= 0.3 is 0 Å². The van der Waals surface area contributed by atoms with Crippen LogP contribution in [0.5, 0.6) is 0 Å². The number of nitrogens with zero attached hydrogens (tertiary/aromatic N) is 3. The maximum Gasteiger partial charge on any atom is 0.242 e. The van der Waals surface area contributed by atoms with Gasteiger partial charge in [-0.2, -0.15) is 5.10 Å². The van der Waals surface area contributed by atoms with Crippen LogP contribution in [0.4, 0.5) is 0 Å². The molecule has 156 valence electrons. The number of aryl methyl sites for hydroxylation is 1. The summed E-state index contributed by atoms with van der Waals surface area (Å²) in [5.74, 6) is 1.63. The van der Waals surface area contributed by atoms with E-state index in [1.54, 1.807) is 20.8 Å². The number of rotatable bonds is 8. The average molecular weight is 441 g/mol. The number of H-pyrrole nitrogens is 1. The van der Waals surface area contributed by atoms with Crippen molar-refractivity contribution >= 4 is 40.4 Å². The number of unbranched alkanes of at least 4 members (excludes halogenated alkanes) is 1. The van der Waals surface area contributed by atoms with E-state index in [4.69, 9.17) is 16.6 Å². The number of carbonyl (C=O) groups is 1. The van der Waals surface area contributed by atoms with E-state index in [0.717, 1.165) is 46.4 Å². The van der Waals surface area contributed by atoms with Gasteiger partial charge in [0.15, 0.2) is 10.6 Å². The van der Waals surface area contributed by atoms with Crippen molar-refractivity contribution in [3.63, 3.8) is 0 Å². The fourth-order valence-corrected chi connectivity index (χ4v) is 4.42. The van der Waals surface area contributed by atoms with Crippen LogP contribution in [0.15, 0.2) is 46.2 Å². The van der Waals surface area contributed by atoms with Gasteiger partial charge < -0.3 is 9.32 Å². The standard InChI is InChI=1S/C22H24N4O2S2/c1-3-4-9-18-16(15-8-5-6-10-17(15)28-18)13-25(2)20(27)14-26-21(23-24-22(26)29)19-11-7-12-30-19/h5-8,10-12H,3-4,9,13-14H2,1-2H3,(H,24,29). The average Bonchev–Trinajstić information content (AvgIpc) is 3.47. The number of fused-ring (bicyclic) bond motifs is 1. The van der Waals surface area contributed by atoms with Crippen molar-refractivity contribution in [2.75, 3.05) is 7.05 Å². The van der Waals surface area contributed by atoms with Crippen molar-refractivity contribution < 1.29 is 9.21 Å². The summed E-state index contributed by atoms with van der Waals surface area (Å²) in [5, 5.41) is 10.2. The molecule has 0 fully saturated rings. The zero-order valence-corrected chi connectivity index (χ0v) is 18.7. The number of nitrogens with one attached hydrogen (secondary N) is 1. The zero-order valence-electron chi connectivity index (χ0n) is 17.1. The summed E-state index contributed by atoms with van der Waals surface area (Å²) < 4.78 is 8.30. The maximum atomic E-state index is 13.1.